The number of nitriles is 1. The lowest BCUT2D eigenvalue weighted by Crippen LogP contribution is -2.05. The molecule has 0 radical (unpaired) electrons. The van der Waals surface area contributed by atoms with Crippen LogP contribution in [0.4, 0.5) is 0 Å². The van der Waals surface area contributed by atoms with Gasteiger partial charge in [0.25, 0.3) is 0 Å². The molecule has 0 spiro atoms. The van der Waals surface area contributed by atoms with E-state index in [-0.39, 0.29) is 0 Å². The third-order valence-corrected chi connectivity index (χ3v) is 8.35. The Labute approximate surface area is 266 Å². The van der Waals surface area contributed by atoms with Crippen molar-refractivity contribution in [3.8, 4) is 57.0 Å². The number of rotatable bonds is 5. The van der Waals surface area contributed by atoms with Gasteiger partial charge in [0.2, 0.25) is 0 Å². The van der Waals surface area contributed by atoms with E-state index >= 15 is 0 Å². The standard InChI is InChI=1S/C41H27N5/c1-27-12-10-17-30(24-27)31-22-23-36-34(25-31)33-19-8-9-20-35(33)46(36)37-21-11-18-32(26-42)38(37)41-44-39(28-13-4-2-5-14-28)43-40(45-41)29-15-6-3-7-16-29/h2-25H,1H3. The minimum Gasteiger partial charge on any atom is -0.308 e. The Kier molecular flexibility index (Phi) is 6.67. The van der Waals surface area contributed by atoms with Crippen LogP contribution in [0.5, 0.6) is 0 Å². The molecule has 5 heteroatoms. The van der Waals surface area contributed by atoms with Crippen molar-refractivity contribution < 1.29 is 0 Å². The molecule has 0 aliphatic carbocycles. The summed E-state index contributed by atoms with van der Waals surface area (Å²) in [4.78, 5) is 14.9. The Morgan fingerprint density at radius 2 is 1.09 bits per heavy atom. The molecule has 0 N–H and O–H groups in total. The largest absolute Gasteiger partial charge is 0.308 e. The molecule has 0 aliphatic rings. The molecule has 8 rings (SSSR count). The second-order valence-electron chi connectivity index (χ2n) is 11.3. The Bertz CT molecular complexity index is 2380. The normalized spacial score (nSPS) is 11.1. The van der Waals surface area contributed by atoms with Gasteiger partial charge < -0.3 is 4.57 Å². The van der Waals surface area contributed by atoms with E-state index in [0.29, 0.717) is 28.6 Å². The summed E-state index contributed by atoms with van der Waals surface area (Å²) in [6.07, 6.45) is 0. The Morgan fingerprint density at radius 1 is 0.500 bits per heavy atom. The van der Waals surface area contributed by atoms with Crippen LogP contribution in [0.1, 0.15) is 11.1 Å². The highest BCUT2D eigenvalue weighted by Gasteiger charge is 2.22. The van der Waals surface area contributed by atoms with Gasteiger partial charge in [-0.2, -0.15) is 5.26 Å². The van der Waals surface area contributed by atoms with Crippen molar-refractivity contribution in [2.45, 2.75) is 6.92 Å². The minimum atomic E-state index is 0.446. The van der Waals surface area contributed by atoms with E-state index < -0.39 is 0 Å². The van der Waals surface area contributed by atoms with E-state index in [1.807, 2.05) is 78.9 Å². The molecule has 6 aromatic carbocycles. The fourth-order valence-corrected chi connectivity index (χ4v) is 6.21. The third kappa shape index (κ3) is 4.70. The Balaban J connectivity index is 1.42. The lowest BCUT2D eigenvalue weighted by atomic mass is 10.0. The second-order valence-corrected chi connectivity index (χ2v) is 11.3. The highest BCUT2D eigenvalue weighted by atomic mass is 15.1. The van der Waals surface area contributed by atoms with E-state index in [9.17, 15) is 5.26 Å². The molecule has 0 fully saturated rings. The molecule has 0 amide bonds. The number of hydrogen-bond acceptors (Lipinski definition) is 4. The van der Waals surface area contributed by atoms with Gasteiger partial charge in [-0.15, -0.1) is 0 Å². The Morgan fingerprint density at radius 3 is 1.78 bits per heavy atom. The topological polar surface area (TPSA) is 67.4 Å². The predicted molar refractivity (Wildman–Crippen MR) is 185 cm³/mol. The molecule has 216 valence electrons. The van der Waals surface area contributed by atoms with Gasteiger partial charge in [0.15, 0.2) is 17.5 Å². The van der Waals surface area contributed by atoms with Gasteiger partial charge in [-0.05, 0) is 48.4 Å². The zero-order chi connectivity index (χ0) is 31.0. The van der Waals surface area contributed by atoms with E-state index in [1.54, 1.807) is 0 Å². The molecule has 0 saturated carbocycles. The molecule has 0 atom stereocenters. The molecule has 8 aromatic rings. The SMILES string of the molecule is Cc1cccc(-c2ccc3c(c2)c2ccccc2n3-c2cccc(C#N)c2-c2nc(-c3ccccc3)nc(-c3ccccc3)n2)c1. The van der Waals surface area contributed by atoms with Crippen molar-refractivity contribution in [3.05, 3.63) is 157 Å². The summed E-state index contributed by atoms with van der Waals surface area (Å²) in [5.74, 6) is 1.54. The van der Waals surface area contributed by atoms with Crippen LogP contribution < -0.4 is 0 Å². The number of aromatic nitrogens is 4. The van der Waals surface area contributed by atoms with Crippen molar-refractivity contribution >= 4 is 21.8 Å². The summed E-state index contributed by atoms with van der Waals surface area (Å²) in [5.41, 5.74) is 9.36. The molecular weight excluding hydrogens is 562 g/mol. The van der Waals surface area contributed by atoms with Crippen LogP contribution in [0.3, 0.4) is 0 Å². The molecule has 46 heavy (non-hydrogen) atoms. The first-order valence-corrected chi connectivity index (χ1v) is 15.2. The lowest BCUT2D eigenvalue weighted by molar-refractivity contribution is 1.06. The van der Waals surface area contributed by atoms with Gasteiger partial charge in [0, 0.05) is 21.9 Å². The highest BCUT2D eigenvalue weighted by Crippen LogP contribution is 2.39. The lowest BCUT2D eigenvalue weighted by Gasteiger charge is -2.16. The number of hydrogen-bond donors (Lipinski definition) is 0. The van der Waals surface area contributed by atoms with E-state index in [0.717, 1.165) is 44.2 Å². The van der Waals surface area contributed by atoms with E-state index in [4.69, 9.17) is 15.0 Å². The number of para-hydroxylation sites is 1. The molecule has 0 unspecified atom stereocenters. The number of benzene rings is 6. The molecule has 0 aliphatic heterocycles. The first-order valence-electron chi connectivity index (χ1n) is 15.2. The van der Waals surface area contributed by atoms with E-state index in [2.05, 4.69) is 84.3 Å². The van der Waals surface area contributed by atoms with Crippen LogP contribution in [-0.2, 0) is 0 Å². The van der Waals surface area contributed by atoms with Crippen LogP contribution >= 0.6 is 0 Å². The van der Waals surface area contributed by atoms with Gasteiger partial charge in [-0.1, -0.05) is 121 Å². The summed E-state index contributed by atoms with van der Waals surface area (Å²) >= 11 is 0. The summed E-state index contributed by atoms with van der Waals surface area (Å²) in [6, 6.07) is 51.6. The third-order valence-electron chi connectivity index (χ3n) is 8.35. The molecular formula is C41H27N5. The monoisotopic (exact) mass is 589 g/mol. The summed E-state index contributed by atoms with van der Waals surface area (Å²) in [7, 11) is 0. The highest BCUT2D eigenvalue weighted by molar-refractivity contribution is 6.11. The van der Waals surface area contributed by atoms with Gasteiger partial charge in [0.05, 0.1) is 33.9 Å². The molecule has 2 aromatic heterocycles. The van der Waals surface area contributed by atoms with Crippen molar-refractivity contribution in [3.63, 3.8) is 0 Å². The second kappa shape index (κ2) is 11.3. The molecule has 2 heterocycles. The van der Waals surface area contributed by atoms with Crippen molar-refractivity contribution in [1.29, 1.82) is 5.26 Å². The number of fused-ring (bicyclic) bond motifs is 3. The first kappa shape index (κ1) is 27.2. The quantitative estimate of drug-likeness (QED) is 0.200. The predicted octanol–water partition coefficient (Wildman–Crippen LogP) is 9.82. The molecule has 0 bridgehead atoms. The van der Waals surface area contributed by atoms with Crippen molar-refractivity contribution in [1.82, 2.24) is 19.5 Å². The number of aryl methyl sites for hydroxylation is 1. The van der Waals surface area contributed by atoms with Gasteiger partial charge in [0.1, 0.15) is 0 Å². The summed E-state index contributed by atoms with van der Waals surface area (Å²) in [6.45, 7) is 2.12. The summed E-state index contributed by atoms with van der Waals surface area (Å²) in [5, 5.41) is 12.7. The maximum absolute atomic E-state index is 10.5. The van der Waals surface area contributed by atoms with Gasteiger partial charge in [-0.25, -0.2) is 15.0 Å². The van der Waals surface area contributed by atoms with E-state index in [1.165, 1.54) is 11.1 Å². The number of nitrogens with zero attached hydrogens (tertiary/aromatic N) is 5. The molecule has 5 nitrogen and oxygen atoms in total. The van der Waals surface area contributed by atoms with Crippen molar-refractivity contribution in [2.24, 2.45) is 0 Å². The average Bonchev–Trinajstić information content (AvgIpc) is 3.45. The first-order chi connectivity index (χ1) is 22.7. The van der Waals surface area contributed by atoms with Crippen LogP contribution in [0, 0.1) is 18.3 Å². The minimum absolute atomic E-state index is 0.446. The van der Waals surface area contributed by atoms with Crippen LogP contribution in [0.15, 0.2) is 146 Å². The van der Waals surface area contributed by atoms with Crippen LogP contribution in [-0.4, -0.2) is 19.5 Å². The zero-order valence-corrected chi connectivity index (χ0v) is 25.1. The van der Waals surface area contributed by atoms with Crippen molar-refractivity contribution in [2.75, 3.05) is 0 Å². The van der Waals surface area contributed by atoms with Crippen LogP contribution in [0.2, 0.25) is 0 Å². The van der Waals surface area contributed by atoms with Gasteiger partial charge in [-0.3, -0.25) is 0 Å². The fourth-order valence-electron chi connectivity index (χ4n) is 6.21. The Hall–Kier alpha value is -6.38. The molecule has 0 saturated heterocycles. The fraction of sp³-hybridized carbons (Fsp3) is 0.0244. The van der Waals surface area contributed by atoms with Gasteiger partial charge >= 0.3 is 0 Å². The van der Waals surface area contributed by atoms with Crippen LogP contribution in [0.25, 0.3) is 72.8 Å². The maximum atomic E-state index is 10.5. The summed E-state index contributed by atoms with van der Waals surface area (Å²) < 4.78 is 2.23. The zero-order valence-electron chi connectivity index (χ0n) is 25.1. The average molecular weight is 590 g/mol. The smallest absolute Gasteiger partial charge is 0.167 e. The maximum Gasteiger partial charge on any atom is 0.167 e.